The molecule has 2 N–H and O–H groups in total. The maximum atomic E-state index is 13.2. The van der Waals surface area contributed by atoms with E-state index in [0.717, 1.165) is 27.6 Å². The van der Waals surface area contributed by atoms with Gasteiger partial charge in [0, 0.05) is 23.5 Å². The molecule has 0 aliphatic heterocycles. The Bertz CT molecular complexity index is 578. The largest absolute Gasteiger partial charge is 0.328 e. The van der Waals surface area contributed by atoms with E-state index in [-0.39, 0.29) is 11.9 Å². The Labute approximate surface area is 117 Å². The number of aryl methyl sites for hydroxylation is 2. The van der Waals surface area contributed by atoms with Gasteiger partial charge in [-0.05, 0) is 38.5 Å². The zero-order valence-corrected chi connectivity index (χ0v) is 12.2. The Hall–Kier alpha value is -1.33. The average molecular weight is 279 g/mol. The van der Waals surface area contributed by atoms with Crippen LogP contribution in [0.25, 0.3) is 0 Å². The van der Waals surface area contributed by atoms with E-state index in [2.05, 4.69) is 5.10 Å². The van der Waals surface area contributed by atoms with Crippen molar-refractivity contribution in [3.8, 4) is 0 Å². The fourth-order valence-corrected chi connectivity index (χ4v) is 3.08. The summed E-state index contributed by atoms with van der Waals surface area (Å²) in [6.07, 6.45) is 0.775. The maximum absolute atomic E-state index is 13.2. The summed E-state index contributed by atoms with van der Waals surface area (Å²) in [4.78, 5) is 0.869. The predicted octanol–water partition coefficient (Wildman–Crippen LogP) is 2.91. The number of nitrogens with zero attached hydrogens (tertiary/aromatic N) is 2. The normalized spacial score (nSPS) is 12.7. The van der Waals surface area contributed by atoms with Crippen molar-refractivity contribution in [3.63, 3.8) is 0 Å². The van der Waals surface area contributed by atoms with E-state index in [4.69, 9.17) is 5.73 Å². The molecule has 3 nitrogen and oxygen atoms in total. The Morgan fingerprint density at radius 3 is 2.84 bits per heavy atom. The highest BCUT2D eigenvalue weighted by atomic mass is 32.2. The molecule has 102 valence electrons. The molecule has 19 heavy (non-hydrogen) atoms. The van der Waals surface area contributed by atoms with Crippen molar-refractivity contribution < 1.29 is 4.39 Å². The zero-order chi connectivity index (χ0) is 14.0. The summed E-state index contributed by atoms with van der Waals surface area (Å²) in [7, 11) is 1.90. The van der Waals surface area contributed by atoms with Crippen LogP contribution in [0.2, 0.25) is 0 Å². The third-order valence-corrected chi connectivity index (χ3v) is 4.02. The van der Waals surface area contributed by atoms with Crippen molar-refractivity contribution in [2.24, 2.45) is 12.8 Å². The highest BCUT2D eigenvalue weighted by Crippen LogP contribution is 2.32. The van der Waals surface area contributed by atoms with Crippen LogP contribution in [0, 0.1) is 12.7 Å². The molecule has 0 saturated heterocycles. The second kappa shape index (κ2) is 5.75. The maximum Gasteiger partial charge on any atom is 0.124 e. The molecule has 0 aliphatic carbocycles. The third-order valence-electron chi connectivity index (χ3n) is 2.83. The minimum Gasteiger partial charge on any atom is -0.328 e. The smallest absolute Gasteiger partial charge is 0.124 e. The van der Waals surface area contributed by atoms with Crippen molar-refractivity contribution in [2.45, 2.75) is 36.2 Å². The van der Waals surface area contributed by atoms with Gasteiger partial charge < -0.3 is 5.73 Å². The summed E-state index contributed by atoms with van der Waals surface area (Å²) in [5, 5.41) is 5.46. The van der Waals surface area contributed by atoms with Crippen LogP contribution >= 0.6 is 11.8 Å². The van der Waals surface area contributed by atoms with Gasteiger partial charge in [-0.2, -0.15) is 5.10 Å². The van der Waals surface area contributed by atoms with E-state index in [1.165, 1.54) is 23.9 Å². The molecule has 0 saturated carbocycles. The van der Waals surface area contributed by atoms with Gasteiger partial charge in [-0.15, -0.1) is 0 Å². The van der Waals surface area contributed by atoms with Crippen LogP contribution in [0.4, 0.5) is 4.39 Å². The SMILES string of the molecule is Cc1nn(C)c(Sc2cccc(F)c2)c1CC(C)N. The summed E-state index contributed by atoms with van der Waals surface area (Å²) >= 11 is 1.52. The lowest BCUT2D eigenvalue weighted by atomic mass is 10.1. The number of nitrogens with two attached hydrogens (primary N) is 1. The summed E-state index contributed by atoms with van der Waals surface area (Å²) in [6.45, 7) is 3.95. The third kappa shape index (κ3) is 3.36. The Morgan fingerprint density at radius 2 is 2.21 bits per heavy atom. The number of aromatic nitrogens is 2. The Kier molecular flexibility index (Phi) is 4.27. The Morgan fingerprint density at radius 1 is 1.47 bits per heavy atom. The van der Waals surface area contributed by atoms with Gasteiger partial charge in [0.05, 0.1) is 5.69 Å². The highest BCUT2D eigenvalue weighted by molar-refractivity contribution is 7.99. The van der Waals surface area contributed by atoms with Crippen LogP contribution in [-0.2, 0) is 13.5 Å². The minimum absolute atomic E-state index is 0.0785. The molecule has 1 unspecified atom stereocenters. The summed E-state index contributed by atoms with van der Waals surface area (Å²) in [6, 6.07) is 6.66. The van der Waals surface area contributed by atoms with Crippen molar-refractivity contribution >= 4 is 11.8 Å². The quantitative estimate of drug-likeness (QED) is 0.936. The Balaban J connectivity index is 2.33. The van der Waals surface area contributed by atoms with Crippen LogP contribution < -0.4 is 5.73 Å². The van der Waals surface area contributed by atoms with Crippen LogP contribution in [0.5, 0.6) is 0 Å². The summed E-state index contributed by atoms with van der Waals surface area (Å²) < 4.78 is 15.1. The minimum atomic E-state index is -0.224. The lowest BCUT2D eigenvalue weighted by molar-refractivity contribution is 0.624. The molecule has 0 bridgehead atoms. The van der Waals surface area contributed by atoms with E-state index in [1.54, 1.807) is 6.07 Å². The average Bonchev–Trinajstić information content (AvgIpc) is 2.56. The molecular weight excluding hydrogens is 261 g/mol. The lowest BCUT2D eigenvalue weighted by Gasteiger charge is -2.08. The predicted molar refractivity (Wildman–Crippen MR) is 75.8 cm³/mol. The highest BCUT2D eigenvalue weighted by Gasteiger charge is 2.15. The van der Waals surface area contributed by atoms with E-state index < -0.39 is 0 Å². The molecule has 1 atom stereocenters. The molecule has 1 heterocycles. The van der Waals surface area contributed by atoms with Gasteiger partial charge in [-0.25, -0.2) is 4.39 Å². The molecule has 2 aromatic rings. The summed E-state index contributed by atoms with van der Waals surface area (Å²) in [5.74, 6) is -0.224. The van der Waals surface area contributed by atoms with Crippen LogP contribution in [0.15, 0.2) is 34.2 Å². The van der Waals surface area contributed by atoms with Crippen molar-refractivity contribution in [1.29, 1.82) is 0 Å². The van der Waals surface area contributed by atoms with Gasteiger partial charge in [0.25, 0.3) is 0 Å². The fraction of sp³-hybridized carbons (Fsp3) is 0.357. The molecule has 0 radical (unpaired) electrons. The molecule has 0 amide bonds. The second-order valence-corrected chi connectivity index (χ2v) is 5.80. The number of rotatable bonds is 4. The molecule has 1 aromatic heterocycles. The first-order valence-corrected chi connectivity index (χ1v) is 7.00. The molecular formula is C14H18FN3S. The number of hydrogen-bond acceptors (Lipinski definition) is 3. The molecule has 5 heteroatoms. The monoisotopic (exact) mass is 279 g/mol. The van der Waals surface area contributed by atoms with Crippen LogP contribution in [0.3, 0.4) is 0 Å². The topological polar surface area (TPSA) is 43.8 Å². The second-order valence-electron chi connectivity index (χ2n) is 4.73. The van der Waals surface area contributed by atoms with Crippen LogP contribution in [-0.4, -0.2) is 15.8 Å². The standard InChI is InChI=1S/C14H18FN3S/c1-9(16)7-13-10(2)17-18(3)14(13)19-12-6-4-5-11(15)8-12/h4-6,8-9H,7,16H2,1-3H3. The number of halogens is 1. The number of hydrogen-bond donors (Lipinski definition) is 1. The van der Waals surface area contributed by atoms with E-state index >= 15 is 0 Å². The van der Waals surface area contributed by atoms with Crippen molar-refractivity contribution in [2.75, 3.05) is 0 Å². The molecule has 0 fully saturated rings. The number of benzene rings is 1. The van der Waals surface area contributed by atoms with Crippen molar-refractivity contribution in [1.82, 2.24) is 9.78 Å². The van der Waals surface area contributed by atoms with E-state index in [9.17, 15) is 4.39 Å². The van der Waals surface area contributed by atoms with Crippen molar-refractivity contribution in [3.05, 3.63) is 41.3 Å². The van der Waals surface area contributed by atoms with Gasteiger partial charge in [-0.1, -0.05) is 17.8 Å². The molecule has 0 spiro atoms. The molecule has 0 aliphatic rings. The fourth-order valence-electron chi connectivity index (χ4n) is 2.01. The first-order valence-electron chi connectivity index (χ1n) is 6.19. The first kappa shape index (κ1) is 14.1. The van der Waals surface area contributed by atoms with Gasteiger partial charge >= 0.3 is 0 Å². The van der Waals surface area contributed by atoms with Gasteiger partial charge in [0.15, 0.2) is 0 Å². The first-order chi connectivity index (χ1) is 8.97. The van der Waals surface area contributed by atoms with E-state index in [1.807, 2.05) is 31.6 Å². The van der Waals surface area contributed by atoms with Crippen LogP contribution in [0.1, 0.15) is 18.2 Å². The van der Waals surface area contributed by atoms with Gasteiger partial charge in [0.2, 0.25) is 0 Å². The lowest BCUT2D eigenvalue weighted by Crippen LogP contribution is -2.18. The molecule has 1 aromatic carbocycles. The summed E-state index contributed by atoms with van der Waals surface area (Å²) in [5.41, 5.74) is 8.01. The van der Waals surface area contributed by atoms with E-state index in [0.29, 0.717) is 0 Å². The zero-order valence-electron chi connectivity index (χ0n) is 11.4. The van der Waals surface area contributed by atoms with Gasteiger partial charge in [0.1, 0.15) is 10.8 Å². The molecule has 2 rings (SSSR count). The van der Waals surface area contributed by atoms with Gasteiger partial charge in [-0.3, -0.25) is 4.68 Å².